The van der Waals surface area contributed by atoms with Gasteiger partial charge in [0.1, 0.15) is 11.5 Å². The number of aromatic nitrogens is 2. The van der Waals surface area contributed by atoms with E-state index in [1.807, 2.05) is 10.6 Å². The van der Waals surface area contributed by atoms with Gasteiger partial charge in [-0.3, -0.25) is 4.40 Å². The molecule has 21 heavy (non-hydrogen) atoms. The number of imidazole rings is 1. The van der Waals surface area contributed by atoms with Gasteiger partial charge in [0.25, 0.3) is 0 Å². The van der Waals surface area contributed by atoms with Crippen LogP contribution in [-0.2, 0) is 6.42 Å². The van der Waals surface area contributed by atoms with E-state index in [2.05, 4.69) is 35.8 Å². The molecule has 0 atom stereocenters. The van der Waals surface area contributed by atoms with E-state index < -0.39 is 0 Å². The number of nitrogen functional groups attached to an aromatic ring is 1. The first-order valence-corrected chi connectivity index (χ1v) is 8.85. The number of nitrogens with zero attached hydrogens (tertiary/aromatic N) is 2. The number of unbranched alkanes of at least 4 members (excludes halogenated alkanes) is 6. The topological polar surface area (TPSA) is 43.3 Å². The highest BCUT2D eigenvalue weighted by Crippen LogP contribution is 2.23. The van der Waals surface area contributed by atoms with Gasteiger partial charge in [-0.15, -0.1) is 0 Å². The summed E-state index contributed by atoms with van der Waals surface area (Å²) in [5.74, 6) is 0.792. The maximum atomic E-state index is 6.24. The van der Waals surface area contributed by atoms with Crippen LogP contribution in [0.5, 0.6) is 0 Å². The van der Waals surface area contributed by atoms with Crippen molar-refractivity contribution in [1.29, 1.82) is 0 Å². The Labute approximate surface area is 136 Å². The van der Waals surface area contributed by atoms with Crippen LogP contribution in [0, 0.1) is 6.92 Å². The van der Waals surface area contributed by atoms with Crippen molar-refractivity contribution in [2.24, 2.45) is 0 Å². The van der Waals surface area contributed by atoms with Gasteiger partial charge in [0.2, 0.25) is 0 Å². The lowest BCUT2D eigenvalue weighted by Gasteiger charge is -2.02. The molecule has 0 saturated carbocycles. The van der Waals surface area contributed by atoms with Crippen LogP contribution in [0.25, 0.3) is 5.65 Å². The summed E-state index contributed by atoms with van der Waals surface area (Å²) in [5.41, 5.74) is 9.42. The molecule has 0 aliphatic carbocycles. The first-order valence-electron chi connectivity index (χ1n) is 8.06. The first-order chi connectivity index (χ1) is 10.1. The molecule has 0 spiro atoms. The van der Waals surface area contributed by atoms with Gasteiger partial charge in [-0.1, -0.05) is 45.4 Å². The average molecular weight is 352 g/mol. The van der Waals surface area contributed by atoms with Crippen molar-refractivity contribution < 1.29 is 0 Å². The zero-order valence-electron chi connectivity index (χ0n) is 13.2. The third-order valence-corrected chi connectivity index (χ3v) is 4.43. The number of hydrogen-bond acceptors (Lipinski definition) is 2. The van der Waals surface area contributed by atoms with E-state index >= 15 is 0 Å². The second-order valence-electron chi connectivity index (χ2n) is 5.85. The molecular formula is C17H26BrN3. The molecule has 4 heteroatoms. The lowest BCUT2D eigenvalue weighted by atomic mass is 10.1. The molecule has 2 N–H and O–H groups in total. The number of rotatable bonds is 8. The second-order valence-corrected chi connectivity index (χ2v) is 6.77. The van der Waals surface area contributed by atoms with E-state index in [0.29, 0.717) is 0 Å². The van der Waals surface area contributed by atoms with Crippen LogP contribution in [0.4, 0.5) is 5.82 Å². The molecule has 2 aromatic rings. The lowest BCUT2D eigenvalue weighted by molar-refractivity contribution is 0.588. The molecule has 0 fully saturated rings. The van der Waals surface area contributed by atoms with Crippen LogP contribution in [0.1, 0.15) is 63.1 Å². The predicted octanol–water partition coefficient (Wildman–Crippen LogP) is 5.28. The Balaban J connectivity index is 1.91. The summed E-state index contributed by atoms with van der Waals surface area (Å²) in [6.45, 7) is 4.33. The van der Waals surface area contributed by atoms with Crippen molar-refractivity contribution in [3.8, 4) is 0 Å². The molecule has 0 saturated heterocycles. The van der Waals surface area contributed by atoms with Crippen molar-refractivity contribution in [2.45, 2.75) is 65.2 Å². The maximum absolute atomic E-state index is 6.24. The summed E-state index contributed by atoms with van der Waals surface area (Å²) in [6.07, 6.45) is 12.2. The van der Waals surface area contributed by atoms with Crippen LogP contribution >= 0.6 is 15.9 Å². The number of aryl methyl sites for hydroxylation is 2. The summed E-state index contributed by atoms with van der Waals surface area (Å²) in [5, 5.41) is 0. The maximum Gasteiger partial charge on any atom is 0.141 e. The summed E-state index contributed by atoms with van der Waals surface area (Å²) >= 11 is 3.52. The highest BCUT2D eigenvalue weighted by atomic mass is 79.9. The fourth-order valence-corrected chi connectivity index (χ4v) is 3.31. The molecule has 0 bridgehead atoms. The Morgan fingerprint density at radius 3 is 2.52 bits per heavy atom. The van der Waals surface area contributed by atoms with Crippen LogP contribution < -0.4 is 5.73 Å². The zero-order valence-corrected chi connectivity index (χ0v) is 14.7. The third-order valence-electron chi connectivity index (χ3n) is 4.00. The van der Waals surface area contributed by atoms with E-state index in [-0.39, 0.29) is 0 Å². The summed E-state index contributed by atoms with van der Waals surface area (Å²) in [7, 11) is 0. The van der Waals surface area contributed by atoms with Crippen LogP contribution in [0.15, 0.2) is 16.7 Å². The quantitative estimate of drug-likeness (QED) is 0.657. The molecule has 2 aromatic heterocycles. The van der Waals surface area contributed by atoms with Gasteiger partial charge in [0.05, 0.1) is 5.69 Å². The van der Waals surface area contributed by atoms with Crippen LogP contribution in [0.3, 0.4) is 0 Å². The highest BCUT2D eigenvalue weighted by Gasteiger charge is 2.11. The predicted molar refractivity (Wildman–Crippen MR) is 93.7 cm³/mol. The van der Waals surface area contributed by atoms with Gasteiger partial charge in [0, 0.05) is 10.7 Å². The van der Waals surface area contributed by atoms with Gasteiger partial charge in [-0.2, -0.15) is 0 Å². The number of pyridine rings is 1. The van der Waals surface area contributed by atoms with E-state index in [4.69, 9.17) is 10.7 Å². The highest BCUT2D eigenvalue weighted by molar-refractivity contribution is 9.10. The zero-order chi connectivity index (χ0) is 15.2. The number of anilines is 1. The Kier molecular flexibility index (Phi) is 6.09. The Morgan fingerprint density at radius 1 is 1.14 bits per heavy atom. The molecule has 0 amide bonds. The summed E-state index contributed by atoms with van der Waals surface area (Å²) < 4.78 is 3.04. The van der Waals surface area contributed by atoms with Gasteiger partial charge < -0.3 is 5.73 Å². The van der Waals surface area contributed by atoms with Crippen molar-refractivity contribution in [2.75, 3.05) is 5.73 Å². The Hall–Kier alpha value is -1.03. The minimum absolute atomic E-state index is 0.792. The van der Waals surface area contributed by atoms with Crippen molar-refractivity contribution in [3.05, 3.63) is 28.0 Å². The number of fused-ring (bicyclic) bond motifs is 1. The molecule has 0 aliphatic heterocycles. The van der Waals surface area contributed by atoms with Crippen molar-refractivity contribution >= 4 is 27.4 Å². The van der Waals surface area contributed by atoms with Gasteiger partial charge in [-0.25, -0.2) is 4.98 Å². The van der Waals surface area contributed by atoms with Gasteiger partial charge in [-0.05, 0) is 47.3 Å². The smallest absolute Gasteiger partial charge is 0.141 e. The largest absolute Gasteiger partial charge is 0.383 e. The number of nitrogens with two attached hydrogens (primary N) is 1. The molecule has 116 valence electrons. The minimum Gasteiger partial charge on any atom is -0.383 e. The third kappa shape index (κ3) is 4.22. The first kappa shape index (κ1) is 16.3. The number of halogens is 1. The normalized spacial score (nSPS) is 11.4. The Morgan fingerprint density at radius 2 is 1.81 bits per heavy atom. The molecule has 0 radical (unpaired) electrons. The van der Waals surface area contributed by atoms with E-state index in [0.717, 1.165) is 33.6 Å². The average Bonchev–Trinajstić information content (AvgIpc) is 2.76. The van der Waals surface area contributed by atoms with Gasteiger partial charge >= 0.3 is 0 Å². The van der Waals surface area contributed by atoms with Crippen molar-refractivity contribution in [1.82, 2.24) is 9.38 Å². The van der Waals surface area contributed by atoms with E-state index in [9.17, 15) is 0 Å². The van der Waals surface area contributed by atoms with E-state index in [1.54, 1.807) is 0 Å². The SMILES string of the molecule is CCCCCCCCCc1nc2c(C)cc(Br)cn2c1N. The molecule has 0 unspecified atom stereocenters. The molecule has 0 aromatic carbocycles. The monoisotopic (exact) mass is 351 g/mol. The molecule has 0 aliphatic rings. The van der Waals surface area contributed by atoms with Crippen LogP contribution in [-0.4, -0.2) is 9.38 Å². The van der Waals surface area contributed by atoms with Crippen molar-refractivity contribution in [3.63, 3.8) is 0 Å². The number of hydrogen-bond donors (Lipinski definition) is 1. The lowest BCUT2D eigenvalue weighted by Crippen LogP contribution is -1.97. The summed E-state index contributed by atoms with van der Waals surface area (Å²) in [6, 6.07) is 2.08. The molecule has 2 rings (SSSR count). The summed E-state index contributed by atoms with van der Waals surface area (Å²) in [4.78, 5) is 4.72. The van der Waals surface area contributed by atoms with Crippen LogP contribution in [0.2, 0.25) is 0 Å². The molecular weight excluding hydrogens is 326 g/mol. The Bertz CT molecular complexity index is 589. The standard InChI is InChI=1S/C17H26BrN3/c1-3-4-5-6-7-8-9-10-15-16(19)21-12-14(18)11-13(2)17(21)20-15/h11-12H,3-10,19H2,1-2H3. The molecule has 2 heterocycles. The van der Waals surface area contributed by atoms with E-state index in [1.165, 1.54) is 44.9 Å². The fraction of sp³-hybridized carbons (Fsp3) is 0.588. The fourth-order valence-electron chi connectivity index (χ4n) is 2.77. The second kappa shape index (κ2) is 7.83. The van der Waals surface area contributed by atoms with Gasteiger partial charge in [0.15, 0.2) is 0 Å². The minimum atomic E-state index is 0.792. The molecule has 3 nitrogen and oxygen atoms in total.